The Hall–Kier alpha value is -2.57. The molecule has 0 saturated heterocycles. The number of aryl methyl sites for hydroxylation is 1. The van der Waals surface area contributed by atoms with Crippen molar-refractivity contribution in [3.63, 3.8) is 0 Å². The van der Waals surface area contributed by atoms with Crippen molar-refractivity contribution in [3.8, 4) is 17.4 Å². The summed E-state index contributed by atoms with van der Waals surface area (Å²) in [7, 11) is 1.45. The zero-order valence-corrected chi connectivity index (χ0v) is 10.5. The van der Waals surface area contributed by atoms with E-state index in [1.807, 2.05) is 6.92 Å². The Morgan fingerprint density at radius 1 is 1.42 bits per heavy atom. The van der Waals surface area contributed by atoms with Crippen molar-refractivity contribution in [2.24, 2.45) is 0 Å². The quantitative estimate of drug-likeness (QED) is 0.885. The fourth-order valence-corrected chi connectivity index (χ4v) is 1.54. The number of hydrogen-bond acceptors (Lipinski definition) is 5. The third-order valence-electron chi connectivity index (χ3n) is 2.51. The van der Waals surface area contributed by atoms with E-state index in [0.29, 0.717) is 23.9 Å². The van der Waals surface area contributed by atoms with Crippen molar-refractivity contribution in [2.45, 2.75) is 13.5 Å². The van der Waals surface area contributed by atoms with Gasteiger partial charge in [0.2, 0.25) is 5.88 Å². The second-order valence-electron chi connectivity index (χ2n) is 3.66. The third-order valence-corrected chi connectivity index (χ3v) is 2.51. The van der Waals surface area contributed by atoms with Crippen molar-refractivity contribution >= 4 is 5.97 Å². The number of aromatic carboxylic acids is 1. The van der Waals surface area contributed by atoms with Crippen LogP contribution in [-0.2, 0) is 6.54 Å². The summed E-state index contributed by atoms with van der Waals surface area (Å²) >= 11 is 0. The summed E-state index contributed by atoms with van der Waals surface area (Å²) < 4.78 is 12.3. The second-order valence-corrected chi connectivity index (χ2v) is 3.66. The zero-order chi connectivity index (χ0) is 13.8. The molecule has 0 bridgehead atoms. The van der Waals surface area contributed by atoms with Crippen LogP contribution in [0.3, 0.4) is 0 Å². The molecule has 0 aliphatic heterocycles. The van der Waals surface area contributed by atoms with Crippen LogP contribution in [0.4, 0.5) is 0 Å². The Morgan fingerprint density at radius 2 is 2.21 bits per heavy atom. The van der Waals surface area contributed by atoms with Crippen molar-refractivity contribution < 1.29 is 19.4 Å². The van der Waals surface area contributed by atoms with Crippen LogP contribution in [0.25, 0.3) is 0 Å². The van der Waals surface area contributed by atoms with Gasteiger partial charge in [-0.05, 0) is 25.1 Å². The molecule has 2 aromatic rings. The standard InChI is InChI=1S/C12H13N3O4/c1-3-15-11(7-13-14-15)19-9-5-4-8(12(16)17)6-10(9)18-2/h4-7H,3H2,1-2H3,(H,16,17). The van der Waals surface area contributed by atoms with E-state index in [1.54, 1.807) is 4.68 Å². The fourth-order valence-electron chi connectivity index (χ4n) is 1.54. The van der Waals surface area contributed by atoms with E-state index in [-0.39, 0.29) is 5.56 Å². The van der Waals surface area contributed by atoms with Crippen LogP contribution >= 0.6 is 0 Å². The Labute approximate surface area is 109 Å². The van der Waals surface area contributed by atoms with Gasteiger partial charge in [0, 0.05) is 6.54 Å². The molecule has 0 aliphatic rings. The SMILES string of the molecule is CCn1nncc1Oc1ccc(C(=O)O)cc1OC. The first-order chi connectivity index (χ1) is 9.15. The molecule has 0 fully saturated rings. The molecular formula is C12H13N3O4. The number of nitrogens with zero attached hydrogens (tertiary/aromatic N) is 3. The average molecular weight is 263 g/mol. The average Bonchev–Trinajstić information content (AvgIpc) is 2.86. The van der Waals surface area contributed by atoms with E-state index in [9.17, 15) is 4.79 Å². The van der Waals surface area contributed by atoms with Gasteiger partial charge in [0.1, 0.15) is 6.20 Å². The molecular weight excluding hydrogens is 250 g/mol. The lowest BCUT2D eigenvalue weighted by molar-refractivity contribution is 0.0696. The Balaban J connectivity index is 2.32. The second kappa shape index (κ2) is 5.38. The fraction of sp³-hybridized carbons (Fsp3) is 0.250. The van der Waals surface area contributed by atoms with E-state index in [2.05, 4.69) is 10.3 Å². The molecule has 7 heteroatoms. The van der Waals surface area contributed by atoms with Crippen molar-refractivity contribution in [1.82, 2.24) is 15.0 Å². The Morgan fingerprint density at radius 3 is 2.84 bits per heavy atom. The zero-order valence-electron chi connectivity index (χ0n) is 10.5. The summed E-state index contributed by atoms with van der Waals surface area (Å²) in [6, 6.07) is 4.38. The molecule has 0 atom stereocenters. The van der Waals surface area contributed by atoms with Crippen molar-refractivity contribution in [1.29, 1.82) is 0 Å². The lowest BCUT2D eigenvalue weighted by atomic mass is 10.2. The smallest absolute Gasteiger partial charge is 0.335 e. The first-order valence-electron chi connectivity index (χ1n) is 5.63. The van der Waals surface area contributed by atoms with Crippen LogP contribution in [0.15, 0.2) is 24.4 Å². The van der Waals surface area contributed by atoms with Gasteiger partial charge in [-0.1, -0.05) is 5.21 Å². The number of carboxylic acid groups (broad SMARTS) is 1. The highest BCUT2D eigenvalue weighted by molar-refractivity contribution is 5.88. The molecule has 0 radical (unpaired) electrons. The molecule has 7 nitrogen and oxygen atoms in total. The molecule has 0 spiro atoms. The van der Waals surface area contributed by atoms with E-state index in [1.165, 1.54) is 31.5 Å². The summed E-state index contributed by atoms with van der Waals surface area (Å²) in [5, 5.41) is 16.5. The minimum absolute atomic E-state index is 0.131. The molecule has 0 saturated carbocycles. The van der Waals surface area contributed by atoms with E-state index >= 15 is 0 Å². The largest absolute Gasteiger partial charge is 0.493 e. The molecule has 100 valence electrons. The number of rotatable bonds is 5. The van der Waals surface area contributed by atoms with Crippen LogP contribution < -0.4 is 9.47 Å². The van der Waals surface area contributed by atoms with Gasteiger partial charge < -0.3 is 14.6 Å². The maximum Gasteiger partial charge on any atom is 0.335 e. The minimum Gasteiger partial charge on any atom is -0.493 e. The van der Waals surface area contributed by atoms with Gasteiger partial charge in [-0.25, -0.2) is 9.48 Å². The molecule has 0 unspecified atom stereocenters. The Kier molecular flexibility index (Phi) is 3.65. The maximum absolute atomic E-state index is 10.9. The highest BCUT2D eigenvalue weighted by atomic mass is 16.5. The maximum atomic E-state index is 10.9. The van der Waals surface area contributed by atoms with Crippen LogP contribution in [-0.4, -0.2) is 33.2 Å². The predicted octanol–water partition coefficient (Wildman–Crippen LogP) is 1.80. The molecule has 19 heavy (non-hydrogen) atoms. The van der Waals surface area contributed by atoms with E-state index in [0.717, 1.165) is 0 Å². The molecule has 0 amide bonds. The summed E-state index contributed by atoms with van der Waals surface area (Å²) in [6.07, 6.45) is 1.48. The molecule has 1 N–H and O–H groups in total. The normalized spacial score (nSPS) is 10.2. The predicted molar refractivity (Wildman–Crippen MR) is 65.7 cm³/mol. The highest BCUT2D eigenvalue weighted by Gasteiger charge is 2.12. The summed E-state index contributed by atoms with van der Waals surface area (Å²) in [5.74, 6) is 0.183. The van der Waals surface area contributed by atoms with Crippen molar-refractivity contribution in [3.05, 3.63) is 30.0 Å². The minimum atomic E-state index is -1.02. The lowest BCUT2D eigenvalue weighted by Gasteiger charge is -2.10. The first-order valence-corrected chi connectivity index (χ1v) is 5.63. The van der Waals surface area contributed by atoms with Gasteiger partial charge in [0.25, 0.3) is 0 Å². The van der Waals surface area contributed by atoms with Crippen molar-refractivity contribution in [2.75, 3.05) is 7.11 Å². The van der Waals surface area contributed by atoms with Gasteiger partial charge in [-0.15, -0.1) is 5.10 Å². The van der Waals surface area contributed by atoms with Gasteiger partial charge in [-0.3, -0.25) is 0 Å². The van der Waals surface area contributed by atoms with Crippen LogP contribution in [0.5, 0.6) is 17.4 Å². The third kappa shape index (κ3) is 2.65. The first kappa shape index (κ1) is 12.9. The highest BCUT2D eigenvalue weighted by Crippen LogP contribution is 2.31. The number of aromatic nitrogens is 3. The van der Waals surface area contributed by atoms with Gasteiger partial charge in [-0.2, -0.15) is 0 Å². The van der Waals surface area contributed by atoms with Crippen LogP contribution in [0, 0.1) is 0 Å². The molecule has 1 aromatic heterocycles. The number of ether oxygens (including phenoxy) is 2. The van der Waals surface area contributed by atoms with Gasteiger partial charge in [0.05, 0.1) is 12.7 Å². The number of hydrogen-bond donors (Lipinski definition) is 1. The number of carboxylic acids is 1. The van der Waals surface area contributed by atoms with Crippen LogP contribution in [0.1, 0.15) is 17.3 Å². The summed E-state index contributed by atoms with van der Waals surface area (Å²) in [4.78, 5) is 10.9. The number of carbonyl (C=O) groups is 1. The molecule has 2 rings (SSSR count). The lowest BCUT2D eigenvalue weighted by Crippen LogP contribution is -2.02. The van der Waals surface area contributed by atoms with Crippen LogP contribution in [0.2, 0.25) is 0 Å². The number of benzene rings is 1. The monoisotopic (exact) mass is 263 g/mol. The van der Waals surface area contributed by atoms with Gasteiger partial charge in [0.15, 0.2) is 11.5 Å². The van der Waals surface area contributed by atoms with E-state index < -0.39 is 5.97 Å². The molecule has 0 aliphatic carbocycles. The number of methoxy groups -OCH3 is 1. The molecule has 1 heterocycles. The Bertz CT molecular complexity index is 594. The summed E-state index contributed by atoms with van der Waals surface area (Å²) in [6.45, 7) is 2.52. The molecule has 1 aromatic carbocycles. The topological polar surface area (TPSA) is 86.5 Å². The van der Waals surface area contributed by atoms with E-state index in [4.69, 9.17) is 14.6 Å². The summed E-state index contributed by atoms with van der Waals surface area (Å²) in [5.41, 5.74) is 0.131. The van der Waals surface area contributed by atoms with Gasteiger partial charge >= 0.3 is 5.97 Å².